The number of amides is 5. The van der Waals surface area contributed by atoms with Gasteiger partial charge in [0.1, 0.15) is 36.4 Å². The largest absolute Gasteiger partial charge is 0.467 e. The molecule has 1 heterocycles. The summed E-state index contributed by atoms with van der Waals surface area (Å²) >= 11 is 0. The molecule has 0 unspecified atom stereocenters. The van der Waals surface area contributed by atoms with Gasteiger partial charge >= 0.3 is 18.2 Å². The number of nitrogens with one attached hydrogen (secondary N) is 4. The van der Waals surface area contributed by atoms with E-state index >= 15 is 0 Å². The monoisotopic (exact) mass is 893 g/mol. The summed E-state index contributed by atoms with van der Waals surface area (Å²) in [5.74, 6) is -2.16. The van der Waals surface area contributed by atoms with Gasteiger partial charge in [0.2, 0.25) is 17.7 Å². The molecule has 2 aliphatic carbocycles. The van der Waals surface area contributed by atoms with Gasteiger partial charge < -0.3 is 35.5 Å². The molecule has 5 amide bonds. The number of carbonyl (C=O) groups is 6. The molecule has 14 heteroatoms. The van der Waals surface area contributed by atoms with Gasteiger partial charge in [-0.05, 0) is 105 Å². The minimum atomic E-state index is -1.12. The highest BCUT2D eigenvalue weighted by molar-refractivity contribution is 5.95. The Hall–Kier alpha value is -5.92. The predicted octanol–water partition coefficient (Wildman–Crippen LogP) is 7.18. The zero-order valence-electron chi connectivity index (χ0n) is 38.7. The van der Waals surface area contributed by atoms with Crippen molar-refractivity contribution in [3.8, 4) is 11.1 Å². The van der Waals surface area contributed by atoms with E-state index in [0.717, 1.165) is 53.5 Å². The van der Waals surface area contributed by atoms with Crippen molar-refractivity contribution in [1.82, 2.24) is 26.2 Å². The van der Waals surface area contributed by atoms with E-state index in [4.69, 9.17) is 14.2 Å². The van der Waals surface area contributed by atoms with E-state index in [-0.39, 0.29) is 49.8 Å². The van der Waals surface area contributed by atoms with Crippen LogP contribution in [0.4, 0.5) is 9.59 Å². The van der Waals surface area contributed by atoms with Gasteiger partial charge in [0.05, 0.1) is 7.11 Å². The van der Waals surface area contributed by atoms with Gasteiger partial charge in [-0.3, -0.25) is 19.3 Å². The molecule has 3 aromatic carbocycles. The Balaban J connectivity index is 1.15. The van der Waals surface area contributed by atoms with Crippen molar-refractivity contribution >= 4 is 35.9 Å². The Labute approximate surface area is 383 Å². The average Bonchev–Trinajstić information content (AvgIpc) is 3.83. The number of fused-ring (bicyclic) bond motifs is 4. The van der Waals surface area contributed by atoms with Crippen LogP contribution in [0.15, 0.2) is 78.9 Å². The van der Waals surface area contributed by atoms with E-state index in [2.05, 4.69) is 45.5 Å². The molecule has 6 atom stereocenters. The SMILES string of the molecule is COC(=O)[C@H](CC(C)C)NC(=O)[C@H](Cc1ccccc1)NC(=O)[C@H](CCCCNC(=O)OCC1c2ccccc2-c2ccccc21)NC(=O)[C@@H]1C[C@@H]2CCCC[C@@H]2N1C(=O)OC(C)(C)C. The summed E-state index contributed by atoms with van der Waals surface area (Å²) in [6, 6.07) is 21.2. The van der Waals surface area contributed by atoms with E-state index in [1.54, 1.807) is 25.7 Å². The highest BCUT2D eigenvalue weighted by Gasteiger charge is 2.49. The molecule has 0 aromatic heterocycles. The predicted molar refractivity (Wildman–Crippen MR) is 247 cm³/mol. The third-order valence-electron chi connectivity index (χ3n) is 12.6. The number of hydrogen-bond donors (Lipinski definition) is 4. The zero-order valence-corrected chi connectivity index (χ0v) is 38.7. The van der Waals surface area contributed by atoms with Gasteiger partial charge in [-0.2, -0.15) is 0 Å². The molecule has 6 rings (SSSR count). The fourth-order valence-corrected chi connectivity index (χ4v) is 9.55. The van der Waals surface area contributed by atoms with E-state index in [0.29, 0.717) is 25.7 Å². The minimum Gasteiger partial charge on any atom is -0.467 e. The maximum atomic E-state index is 14.5. The summed E-state index contributed by atoms with van der Waals surface area (Å²) in [5, 5.41) is 11.5. The Kier molecular flexibility index (Phi) is 16.7. The van der Waals surface area contributed by atoms with Crippen LogP contribution in [0.2, 0.25) is 0 Å². The third-order valence-corrected chi connectivity index (χ3v) is 12.6. The highest BCUT2D eigenvalue weighted by atomic mass is 16.6. The smallest absolute Gasteiger partial charge is 0.411 e. The lowest BCUT2D eigenvalue weighted by Gasteiger charge is -2.35. The maximum Gasteiger partial charge on any atom is 0.411 e. The second kappa shape index (κ2) is 22.3. The number of alkyl carbamates (subject to hydrolysis) is 1. The van der Waals surface area contributed by atoms with Crippen molar-refractivity contribution in [2.75, 3.05) is 20.3 Å². The van der Waals surface area contributed by atoms with Crippen LogP contribution in [0.1, 0.15) is 115 Å². The average molecular weight is 894 g/mol. The molecule has 1 saturated carbocycles. The van der Waals surface area contributed by atoms with Crippen LogP contribution in [0.25, 0.3) is 11.1 Å². The van der Waals surface area contributed by atoms with Crippen molar-refractivity contribution in [2.24, 2.45) is 11.8 Å². The molecule has 1 saturated heterocycles. The van der Waals surface area contributed by atoms with Gasteiger partial charge in [0, 0.05) is 24.9 Å². The number of ether oxygens (including phenoxy) is 3. The van der Waals surface area contributed by atoms with Crippen LogP contribution >= 0.6 is 0 Å². The molecule has 14 nitrogen and oxygen atoms in total. The Morgan fingerprint density at radius 1 is 0.754 bits per heavy atom. The summed E-state index contributed by atoms with van der Waals surface area (Å²) in [5.41, 5.74) is 4.48. The van der Waals surface area contributed by atoms with Crippen molar-refractivity contribution in [3.63, 3.8) is 0 Å². The molecule has 3 aromatic rings. The van der Waals surface area contributed by atoms with E-state index in [1.807, 2.05) is 68.4 Å². The van der Waals surface area contributed by atoms with E-state index in [1.165, 1.54) is 7.11 Å². The topological polar surface area (TPSA) is 181 Å². The van der Waals surface area contributed by atoms with Crippen LogP contribution in [-0.4, -0.2) is 96.8 Å². The Morgan fingerprint density at radius 2 is 1.37 bits per heavy atom. The summed E-state index contributed by atoms with van der Waals surface area (Å²) in [6.07, 6.45) is 4.35. The number of benzene rings is 3. The second-order valence-corrected chi connectivity index (χ2v) is 19.0. The van der Waals surface area contributed by atoms with Crippen molar-refractivity contribution < 1.29 is 43.0 Å². The lowest BCUT2D eigenvalue weighted by molar-refractivity contribution is -0.146. The van der Waals surface area contributed by atoms with Crippen molar-refractivity contribution in [2.45, 2.75) is 141 Å². The number of unbranched alkanes of at least 4 members (excludes halogenated alkanes) is 1. The quantitative estimate of drug-likeness (QED) is 0.0585. The molecule has 0 spiro atoms. The first-order chi connectivity index (χ1) is 31.1. The van der Waals surface area contributed by atoms with E-state index < -0.39 is 65.6 Å². The standard InChI is InChI=1S/C51H67N5O9/c1-32(2)28-42(48(60)63-6)55-46(58)41(29-33-18-8-7-9-19-33)54-45(57)40(53-47(59)44-30-34-20-10-15-26-43(34)56(44)50(62)65-51(3,4)5)25-16-17-27-52-49(61)64-31-39-37-23-13-11-21-35(37)36-22-12-14-24-38(36)39/h7-9,11-14,18-19,21-24,32,34,39-44H,10,15-17,20,25-31H2,1-6H3,(H,52,61)(H,53,59)(H,54,57)(H,55,58)/t34-,40-,41-,42-,43-,44-/m0/s1. The number of esters is 1. The maximum absolute atomic E-state index is 14.5. The Bertz CT molecular complexity index is 2090. The fourth-order valence-electron chi connectivity index (χ4n) is 9.55. The van der Waals surface area contributed by atoms with Crippen molar-refractivity contribution in [1.29, 1.82) is 0 Å². The summed E-state index contributed by atoms with van der Waals surface area (Å²) < 4.78 is 16.5. The first kappa shape index (κ1) is 48.5. The first-order valence-corrected chi connectivity index (χ1v) is 23.3. The number of methoxy groups -OCH3 is 1. The first-order valence-electron chi connectivity index (χ1n) is 23.3. The Morgan fingerprint density at radius 3 is 2.02 bits per heavy atom. The molecule has 0 bridgehead atoms. The van der Waals surface area contributed by atoms with Gasteiger partial charge in [0.15, 0.2) is 0 Å². The van der Waals surface area contributed by atoms with Crippen LogP contribution in [0.3, 0.4) is 0 Å². The lowest BCUT2D eigenvalue weighted by atomic mass is 9.85. The third kappa shape index (κ3) is 12.9. The normalized spacial score (nSPS) is 19.1. The molecule has 4 N–H and O–H groups in total. The van der Waals surface area contributed by atoms with Crippen LogP contribution in [0, 0.1) is 11.8 Å². The number of hydrogen-bond acceptors (Lipinski definition) is 9. The number of carbonyl (C=O) groups excluding carboxylic acids is 6. The molecule has 350 valence electrons. The van der Waals surface area contributed by atoms with Crippen LogP contribution < -0.4 is 21.3 Å². The van der Waals surface area contributed by atoms with Gasteiger partial charge in [-0.15, -0.1) is 0 Å². The lowest BCUT2D eigenvalue weighted by Crippen LogP contribution is -2.58. The minimum absolute atomic E-state index is 0.0551. The summed E-state index contributed by atoms with van der Waals surface area (Å²) in [6.45, 7) is 9.64. The van der Waals surface area contributed by atoms with E-state index in [9.17, 15) is 28.8 Å². The summed E-state index contributed by atoms with van der Waals surface area (Å²) in [4.78, 5) is 83.9. The zero-order chi connectivity index (χ0) is 46.7. The number of rotatable bonds is 18. The van der Waals surface area contributed by atoms with Gasteiger partial charge in [-0.25, -0.2) is 14.4 Å². The number of likely N-dealkylation sites (tertiary alicyclic amines) is 1. The van der Waals surface area contributed by atoms with Crippen molar-refractivity contribution in [3.05, 3.63) is 95.6 Å². The molecular weight excluding hydrogens is 827 g/mol. The second-order valence-electron chi connectivity index (χ2n) is 19.0. The van der Waals surface area contributed by atoms with Crippen LogP contribution in [0.5, 0.6) is 0 Å². The van der Waals surface area contributed by atoms with Gasteiger partial charge in [0.25, 0.3) is 0 Å². The highest BCUT2D eigenvalue weighted by Crippen LogP contribution is 2.44. The van der Waals surface area contributed by atoms with Crippen LogP contribution in [-0.2, 0) is 39.8 Å². The molecular formula is C51H67N5O9. The van der Waals surface area contributed by atoms with Gasteiger partial charge in [-0.1, -0.05) is 106 Å². The molecule has 2 fully saturated rings. The summed E-state index contributed by atoms with van der Waals surface area (Å²) in [7, 11) is 1.26. The number of nitrogens with zero attached hydrogens (tertiary/aromatic N) is 1. The molecule has 65 heavy (non-hydrogen) atoms. The molecule has 1 aliphatic heterocycles. The molecule has 0 radical (unpaired) electrons. The molecule has 3 aliphatic rings. The fraction of sp³-hybridized carbons (Fsp3) is 0.529.